The van der Waals surface area contributed by atoms with E-state index in [1.165, 1.54) is 0 Å². The largest absolute Gasteiger partial charge is 0.472 e. The molecule has 0 saturated heterocycles. The average molecular weight is 264 g/mol. The molecule has 0 aliphatic rings. The van der Waals surface area contributed by atoms with E-state index in [2.05, 4.69) is 9.97 Å². The fourth-order valence-corrected chi connectivity index (χ4v) is 2.51. The molecule has 0 radical (unpaired) electrons. The van der Waals surface area contributed by atoms with Crippen molar-refractivity contribution >= 4 is 27.9 Å². The predicted octanol–water partition coefficient (Wildman–Crippen LogP) is 2.81. The van der Waals surface area contributed by atoms with Crippen LogP contribution in [0.4, 0.5) is 5.95 Å². The van der Waals surface area contributed by atoms with Crippen molar-refractivity contribution in [1.29, 1.82) is 0 Å². The van der Waals surface area contributed by atoms with E-state index >= 15 is 0 Å². The Kier molecular flexibility index (Phi) is 2.26. The zero-order chi connectivity index (χ0) is 13.5. The Morgan fingerprint density at radius 3 is 2.90 bits per heavy atom. The summed E-state index contributed by atoms with van der Waals surface area (Å²) in [5, 5.41) is 1.05. The van der Waals surface area contributed by atoms with Crippen LogP contribution in [-0.2, 0) is 6.54 Å². The van der Waals surface area contributed by atoms with Gasteiger partial charge in [0.2, 0.25) is 5.95 Å². The molecule has 4 aromatic rings. The van der Waals surface area contributed by atoms with Crippen LogP contribution in [0.1, 0.15) is 5.56 Å². The molecule has 4 rings (SSSR count). The Morgan fingerprint density at radius 2 is 2.05 bits per heavy atom. The van der Waals surface area contributed by atoms with Gasteiger partial charge in [-0.3, -0.25) is 4.98 Å². The molecule has 0 atom stereocenters. The minimum absolute atomic E-state index is 0.486. The molecule has 0 amide bonds. The van der Waals surface area contributed by atoms with E-state index in [9.17, 15) is 0 Å². The maximum atomic E-state index is 6.05. The van der Waals surface area contributed by atoms with Crippen LogP contribution in [-0.4, -0.2) is 14.5 Å². The van der Waals surface area contributed by atoms with Crippen molar-refractivity contribution in [2.24, 2.45) is 0 Å². The number of hydrogen-bond acceptors (Lipinski definition) is 4. The maximum Gasteiger partial charge on any atom is 0.201 e. The highest BCUT2D eigenvalue weighted by Crippen LogP contribution is 2.26. The summed E-state index contributed by atoms with van der Waals surface area (Å²) in [6, 6.07) is 9.92. The highest BCUT2D eigenvalue weighted by atomic mass is 16.3. The van der Waals surface area contributed by atoms with E-state index in [0.29, 0.717) is 12.5 Å². The summed E-state index contributed by atoms with van der Waals surface area (Å²) in [6.45, 7) is 0.632. The van der Waals surface area contributed by atoms with Gasteiger partial charge in [0.1, 0.15) is 5.52 Å². The van der Waals surface area contributed by atoms with Gasteiger partial charge in [0.05, 0.1) is 36.3 Å². The maximum absolute atomic E-state index is 6.05. The van der Waals surface area contributed by atoms with E-state index in [1.54, 1.807) is 18.7 Å². The first-order valence-corrected chi connectivity index (χ1v) is 6.33. The number of para-hydroxylation sites is 1. The molecule has 0 aliphatic carbocycles. The molecule has 0 bridgehead atoms. The van der Waals surface area contributed by atoms with Crippen molar-refractivity contribution in [2.45, 2.75) is 6.54 Å². The van der Waals surface area contributed by atoms with Crippen LogP contribution in [0.5, 0.6) is 0 Å². The number of nitrogens with zero attached hydrogens (tertiary/aromatic N) is 3. The first-order chi connectivity index (χ1) is 9.83. The normalized spacial score (nSPS) is 11.4. The molecule has 5 nitrogen and oxygen atoms in total. The molecule has 0 fully saturated rings. The lowest BCUT2D eigenvalue weighted by Gasteiger charge is -2.06. The van der Waals surface area contributed by atoms with Gasteiger partial charge in [0.15, 0.2) is 0 Å². The molecular weight excluding hydrogens is 252 g/mol. The lowest BCUT2D eigenvalue weighted by Crippen LogP contribution is -2.04. The minimum Gasteiger partial charge on any atom is -0.472 e. The average Bonchev–Trinajstić information content (AvgIpc) is 3.08. The molecule has 3 aromatic heterocycles. The van der Waals surface area contributed by atoms with Gasteiger partial charge in [0, 0.05) is 10.9 Å². The first-order valence-electron chi connectivity index (χ1n) is 6.33. The Morgan fingerprint density at radius 1 is 1.15 bits per heavy atom. The van der Waals surface area contributed by atoms with Crippen LogP contribution in [0.2, 0.25) is 0 Å². The Hall–Kier alpha value is -2.82. The fourth-order valence-electron chi connectivity index (χ4n) is 2.51. The van der Waals surface area contributed by atoms with E-state index in [0.717, 1.165) is 27.5 Å². The number of hydrogen-bond donors (Lipinski definition) is 1. The van der Waals surface area contributed by atoms with Gasteiger partial charge in [-0.25, -0.2) is 4.98 Å². The van der Waals surface area contributed by atoms with Crippen LogP contribution in [0, 0.1) is 0 Å². The number of furan rings is 1. The topological polar surface area (TPSA) is 69.9 Å². The van der Waals surface area contributed by atoms with Crippen LogP contribution >= 0.6 is 0 Å². The van der Waals surface area contributed by atoms with Gasteiger partial charge in [-0.15, -0.1) is 0 Å². The molecule has 0 aliphatic heterocycles. The molecule has 0 saturated carbocycles. The Balaban J connectivity index is 2.03. The molecule has 5 heteroatoms. The molecule has 0 unspecified atom stereocenters. The molecule has 98 valence electrons. The zero-order valence-corrected chi connectivity index (χ0v) is 10.7. The van der Waals surface area contributed by atoms with Gasteiger partial charge < -0.3 is 14.7 Å². The number of pyridine rings is 1. The van der Waals surface area contributed by atoms with E-state index in [1.807, 2.05) is 34.9 Å². The highest BCUT2D eigenvalue weighted by Gasteiger charge is 2.12. The fraction of sp³-hybridized carbons (Fsp3) is 0.0667. The quantitative estimate of drug-likeness (QED) is 0.604. The third-order valence-corrected chi connectivity index (χ3v) is 3.43. The molecule has 2 N–H and O–H groups in total. The highest BCUT2D eigenvalue weighted by molar-refractivity contribution is 6.02. The minimum atomic E-state index is 0.486. The van der Waals surface area contributed by atoms with Crippen molar-refractivity contribution in [2.75, 3.05) is 5.73 Å². The van der Waals surface area contributed by atoms with Crippen molar-refractivity contribution in [3.05, 3.63) is 54.6 Å². The number of benzene rings is 1. The van der Waals surface area contributed by atoms with Crippen LogP contribution in [0.3, 0.4) is 0 Å². The molecular formula is C15H12N4O. The molecule has 1 aromatic carbocycles. The number of aromatic nitrogens is 3. The van der Waals surface area contributed by atoms with Crippen molar-refractivity contribution < 1.29 is 4.42 Å². The lowest BCUT2D eigenvalue weighted by molar-refractivity contribution is 0.562. The Bertz CT molecular complexity index is 893. The monoisotopic (exact) mass is 264 g/mol. The standard InChI is InChI=1S/C15H12N4O/c16-15-18-13-7-17-12-4-2-1-3-11(12)14(13)19(15)8-10-5-6-20-9-10/h1-7,9H,8H2,(H2,16,18). The van der Waals surface area contributed by atoms with Crippen LogP contribution in [0.25, 0.3) is 21.9 Å². The summed E-state index contributed by atoms with van der Waals surface area (Å²) in [4.78, 5) is 8.80. The first kappa shape index (κ1) is 11.0. The SMILES string of the molecule is Nc1nc2cnc3ccccc3c2n1Cc1ccoc1. The second-order valence-electron chi connectivity index (χ2n) is 4.70. The summed E-state index contributed by atoms with van der Waals surface area (Å²) in [5.74, 6) is 0.486. The number of fused-ring (bicyclic) bond motifs is 3. The van der Waals surface area contributed by atoms with Gasteiger partial charge in [-0.1, -0.05) is 18.2 Å². The number of nitrogen functional groups attached to an aromatic ring is 1. The van der Waals surface area contributed by atoms with E-state index < -0.39 is 0 Å². The number of rotatable bonds is 2. The summed E-state index contributed by atoms with van der Waals surface area (Å²) < 4.78 is 7.11. The zero-order valence-electron chi connectivity index (χ0n) is 10.7. The predicted molar refractivity (Wildman–Crippen MR) is 77.3 cm³/mol. The van der Waals surface area contributed by atoms with Gasteiger partial charge >= 0.3 is 0 Å². The summed E-state index contributed by atoms with van der Waals surface area (Å²) in [7, 11) is 0. The number of nitrogens with two attached hydrogens (primary N) is 1. The van der Waals surface area contributed by atoms with Gasteiger partial charge in [-0.2, -0.15) is 0 Å². The second-order valence-corrected chi connectivity index (χ2v) is 4.70. The van der Waals surface area contributed by atoms with E-state index in [4.69, 9.17) is 10.2 Å². The Labute approximate surface area is 114 Å². The lowest BCUT2D eigenvalue weighted by atomic mass is 10.2. The summed E-state index contributed by atoms with van der Waals surface area (Å²) in [5.41, 5.74) is 9.86. The number of imidazole rings is 1. The molecule has 20 heavy (non-hydrogen) atoms. The molecule has 3 heterocycles. The van der Waals surface area contributed by atoms with Gasteiger partial charge in [0.25, 0.3) is 0 Å². The van der Waals surface area contributed by atoms with Gasteiger partial charge in [-0.05, 0) is 12.1 Å². The van der Waals surface area contributed by atoms with Crippen molar-refractivity contribution in [1.82, 2.24) is 14.5 Å². The summed E-state index contributed by atoms with van der Waals surface area (Å²) >= 11 is 0. The summed E-state index contributed by atoms with van der Waals surface area (Å²) in [6.07, 6.45) is 5.14. The number of anilines is 1. The third-order valence-electron chi connectivity index (χ3n) is 3.43. The van der Waals surface area contributed by atoms with Crippen LogP contribution in [0.15, 0.2) is 53.5 Å². The van der Waals surface area contributed by atoms with Crippen molar-refractivity contribution in [3.63, 3.8) is 0 Å². The van der Waals surface area contributed by atoms with E-state index in [-0.39, 0.29) is 0 Å². The smallest absolute Gasteiger partial charge is 0.201 e. The molecule has 0 spiro atoms. The second kappa shape index (κ2) is 4.09. The third kappa shape index (κ3) is 1.56. The van der Waals surface area contributed by atoms with Crippen LogP contribution < -0.4 is 5.73 Å². The van der Waals surface area contributed by atoms with Crippen molar-refractivity contribution in [3.8, 4) is 0 Å².